The number of nitrogens with zero attached hydrogens (tertiary/aromatic N) is 2. The second-order valence-electron chi connectivity index (χ2n) is 13.0. The van der Waals surface area contributed by atoms with Crippen molar-refractivity contribution < 1.29 is 0 Å². The molecule has 7 rings (SSSR count). The van der Waals surface area contributed by atoms with Crippen LogP contribution < -0.4 is 9.80 Å². The number of benzene rings is 6. The van der Waals surface area contributed by atoms with E-state index in [1.807, 2.05) is 0 Å². The third-order valence-corrected chi connectivity index (χ3v) is 8.93. The van der Waals surface area contributed by atoms with Crippen molar-refractivity contribution in [2.24, 2.45) is 5.41 Å². The van der Waals surface area contributed by atoms with Crippen LogP contribution in [0.15, 0.2) is 158 Å². The largest absolute Gasteiger partial charge is 0.348 e. The van der Waals surface area contributed by atoms with E-state index in [4.69, 9.17) is 0 Å². The Kier molecular flexibility index (Phi) is 7.73. The van der Waals surface area contributed by atoms with Crippen molar-refractivity contribution in [1.82, 2.24) is 0 Å². The second-order valence-corrected chi connectivity index (χ2v) is 13.0. The highest BCUT2D eigenvalue weighted by atomic mass is 15.4. The van der Waals surface area contributed by atoms with Crippen LogP contribution in [0.1, 0.15) is 20.8 Å². The Bertz CT molecular complexity index is 1620. The van der Waals surface area contributed by atoms with Gasteiger partial charge in [0.25, 0.3) is 0 Å². The van der Waals surface area contributed by atoms with Crippen molar-refractivity contribution in [2.45, 2.75) is 26.9 Å². The molecule has 0 saturated carbocycles. The molecule has 0 radical (unpaired) electrons. The summed E-state index contributed by atoms with van der Waals surface area (Å²) in [4.78, 5) is 5.39. The monoisotopic (exact) mass is 584 g/mol. The van der Waals surface area contributed by atoms with Gasteiger partial charge >= 0.3 is 0 Å². The molecule has 1 saturated heterocycles. The molecule has 1 heterocycles. The molecular formula is C43H40N2. The van der Waals surface area contributed by atoms with Crippen LogP contribution in [0.5, 0.6) is 0 Å². The lowest BCUT2D eigenvalue weighted by Gasteiger charge is -2.44. The average Bonchev–Trinajstić information content (AvgIpc) is 3.55. The standard InChI is InChI=1S/C43H40N2/c1-43(2,3)42-44(40-36(32-18-8-4-9-19-32)26-16-27-37(40)33-20-10-5-11-21-33)30-31-45(42)41-38(34-22-12-6-13-23-34)28-17-29-39(41)35-24-14-7-15-25-35/h4-29,42H,30-31H2,1-3H3. The molecule has 0 atom stereocenters. The number of anilines is 2. The fourth-order valence-electron chi connectivity index (χ4n) is 7.14. The number of para-hydroxylation sites is 2. The summed E-state index contributed by atoms with van der Waals surface area (Å²) in [6.07, 6.45) is 0.108. The molecule has 45 heavy (non-hydrogen) atoms. The van der Waals surface area contributed by atoms with Crippen molar-refractivity contribution in [2.75, 3.05) is 22.9 Å². The predicted octanol–water partition coefficient (Wildman–Crippen LogP) is 11.1. The highest BCUT2D eigenvalue weighted by Crippen LogP contribution is 2.49. The quantitative estimate of drug-likeness (QED) is 0.192. The first-order valence-electron chi connectivity index (χ1n) is 16.0. The maximum atomic E-state index is 2.70. The first-order valence-corrected chi connectivity index (χ1v) is 16.0. The van der Waals surface area contributed by atoms with Crippen LogP contribution in [0.25, 0.3) is 44.5 Å². The molecule has 0 amide bonds. The van der Waals surface area contributed by atoms with Gasteiger partial charge < -0.3 is 9.80 Å². The average molecular weight is 585 g/mol. The van der Waals surface area contributed by atoms with Gasteiger partial charge in [0.05, 0.1) is 11.4 Å². The maximum Gasteiger partial charge on any atom is 0.107 e. The van der Waals surface area contributed by atoms with E-state index in [9.17, 15) is 0 Å². The number of hydrogen-bond acceptors (Lipinski definition) is 2. The maximum absolute atomic E-state index is 2.70. The highest BCUT2D eigenvalue weighted by molar-refractivity contribution is 5.95. The van der Waals surface area contributed by atoms with Crippen molar-refractivity contribution in [3.05, 3.63) is 158 Å². The van der Waals surface area contributed by atoms with Crippen LogP contribution in [0.3, 0.4) is 0 Å². The highest BCUT2D eigenvalue weighted by Gasteiger charge is 2.43. The van der Waals surface area contributed by atoms with Crippen molar-refractivity contribution in [3.63, 3.8) is 0 Å². The Labute approximate surface area is 268 Å². The summed E-state index contributed by atoms with van der Waals surface area (Å²) >= 11 is 0. The molecule has 0 N–H and O–H groups in total. The summed E-state index contributed by atoms with van der Waals surface area (Å²) in [6, 6.07) is 57.1. The van der Waals surface area contributed by atoms with E-state index in [2.05, 4.69) is 188 Å². The van der Waals surface area contributed by atoms with Gasteiger partial charge in [0.15, 0.2) is 0 Å². The van der Waals surface area contributed by atoms with Crippen LogP contribution in [-0.4, -0.2) is 19.3 Å². The second kappa shape index (κ2) is 12.1. The SMILES string of the molecule is CC(C)(C)C1N(c2c(-c3ccccc3)cccc2-c2ccccc2)CCN1c1c(-c2ccccc2)cccc1-c1ccccc1. The third-order valence-electron chi connectivity index (χ3n) is 8.93. The van der Waals surface area contributed by atoms with E-state index >= 15 is 0 Å². The molecule has 0 aliphatic carbocycles. The van der Waals surface area contributed by atoms with Gasteiger partial charge in [-0.25, -0.2) is 0 Å². The molecule has 222 valence electrons. The molecule has 0 aromatic heterocycles. The Morgan fingerprint density at radius 3 is 0.889 bits per heavy atom. The van der Waals surface area contributed by atoms with Gasteiger partial charge in [0.1, 0.15) is 6.17 Å². The smallest absolute Gasteiger partial charge is 0.107 e. The molecule has 6 aromatic carbocycles. The van der Waals surface area contributed by atoms with Gasteiger partial charge in [-0.3, -0.25) is 0 Å². The van der Waals surface area contributed by atoms with Crippen LogP contribution in [0, 0.1) is 5.41 Å². The number of hydrogen-bond donors (Lipinski definition) is 0. The minimum absolute atomic E-state index is 0.0635. The van der Waals surface area contributed by atoms with Crippen molar-refractivity contribution in [3.8, 4) is 44.5 Å². The first kappa shape index (κ1) is 28.7. The van der Waals surface area contributed by atoms with Crippen LogP contribution in [-0.2, 0) is 0 Å². The Balaban J connectivity index is 1.47. The molecular weight excluding hydrogens is 544 g/mol. The zero-order valence-electron chi connectivity index (χ0n) is 26.4. The van der Waals surface area contributed by atoms with E-state index in [1.165, 1.54) is 55.9 Å². The fourth-order valence-corrected chi connectivity index (χ4v) is 7.14. The molecule has 0 spiro atoms. The third kappa shape index (κ3) is 5.53. The fraction of sp³-hybridized carbons (Fsp3) is 0.163. The minimum Gasteiger partial charge on any atom is -0.348 e. The summed E-state index contributed by atoms with van der Waals surface area (Å²) in [6.45, 7) is 9.02. The zero-order chi connectivity index (χ0) is 30.8. The normalized spacial score (nSPS) is 13.8. The van der Waals surface area contributed by atoms with E-state index in [0.717, 1.165) is 13.1 Å². The van der Waals surface area contributed by atoms with E-state index in [-0.39, 0.29) is 11.6 Å². The molecule has 1 aliphatic heterocycles. The zero-order valence-corrected chi connectivity index (χ0v) is 26.4. The lowest BCUT2D eigenvalue weighted by atomic mass is 9.87. The van der Waals surface area contributed by atoms with Crippen LogP contribution >= 0.6 is 0 Å². The topological polar surface area (TPSA) is 6.48 Å². The molecule has 1 aliphatic rings. The van der Waals surface area contributed by atoms with Gasteiger partial charge in [-0.2, -0.15) is 0 Å². The lowest BCUT2D eigenvalue weighted by Crippen LogP contribution is -2.49. The summed E-state index contributed by atoms with van der Waals surface area (Å²) in [7, 11) is 0. The minimum atomic E-state index is -0.0635. The van der Waals surface area contributed by atoms with Crippen LogP contribution in [0.4, 0.5) is 11.4 Å². The van der Waals surface area contributed by atoms with Gasteiger partial charge in [0.2, 0.25) is 0 Å². The molecule has 1 fully saturated rings. The summed E-state index contributed by atoms with van der Waals surface area (Å²) < 4.78 is 0. The van der Waals surface area contributed by atoms with Crippen molar-refractivity contribution in [1.29, 1.82) is 0 Å². The summed E-state index contributed by atoms with van der Waals surface area (Å²) in [5.41, 5.74) is 12.6. The predicted molar refractivity (Wildman–Crippen MR) is 193 cm³/mol. The van der Waals surface area contributed by atoms with Gasteiger partial charge in [0, 0.05) is 40.8 Å². The van der Waals surface area contributed by atoms with Gasteiger partial charge in [-0.1, -0.05) is 178 Å². The Morgan fingerprint density at radius 1 is 0.378 bits per heavy atom. The molecule has 0 bridgehead atoms. The Hall–Kier alpha value is -5.08. The molecule has 6 aromatic rings. The summed E-state index contributed by atoms with van der Waals surface area (Å²) in [5.74, 6) is 0. The van der Waals surface area contributed by atoms with Crippen LogP contribution in [0.2, 0.25) is 0 Å². The summed E-state index contributed by atoms with van der Waals surface area (Å²) in [5, 5.41) is 0. The lowest BCUT2D eigenvalue weighted by molar-refractivity contribution is 0.323. The van der Waals surface area contributed by atoms with Gasteiger partial charge in [-0.15, -0.1) is 0 Å². The molecule has 2 nitrogen and oxygen atoms in total. The Morgan fingerprint density at radius 2 is 0.644 bits per heavy atom. The first-order chi connectivity index (χ1) is 22.0. The van der Waals surface area contributed by atoms with E-state index in [1.54, 1.807) is 0 Å². The van der Waals surface area contributed by atoms with Crippen molar-refractivity contribution >= 4 is 11.4 Å². The van der Waals surface area contributed by atoms with Gasteiger partial charge in [-0.05, 0) is 22.3 Å². The van der Waals surface area contributed by atoms with E-state index < -0.39 is 0 Å². The van der Waals surface area contributed by atoms with E-state index in [0.29, 0.717) is 0 Å². The molecule has 2 heteroatoms. The molecule has 0 unspecified atom stereocenters. The number of rotatable bonds is 6.